The average Bonchev–Trinajstić information content (AvgIpc) is 2.99. The second kappa shape index (κ2) is 8.96. The molecule has 3 fully saturated rings. The standard InChI is InChI=1S/C28H44O/c1-20(2)9-7-10-22(4)25-14-15-26-23(11-8-17-28(25,26)6)12-13-24-19-27(5,29)18-16-21(24)3/h7,10,12-13,20,22,25-26,29H,3,8-9,11,14-19H2,1-2,4-6H3/t22-,25-,26?,27+,28-/m1/s1. The van der Waals surface area contributed by atoms with Gasteiger partial charge in [-0.2, -0.15) is 0 Å². The summed E-state index contributed by atoms with van der Waals surface area (Å²) >= 11 is 0. The lowest BCUT2D eigenvalue weighted by Gasteiger charge is -2.44. The van der Waals surface area contributed by atoms with Gasteiger partial charge in [-0.25, -0.2) is 0 Å². The largest absolute Gasteiger partial charge is 0.390 e. The summed E-state index contributed by atoms with van der Waals surface area (Å²) in [7, 11) is 0. The Balaban J connectivity index is 1.75. The highest BCUT2D eigenvalue weighted by Gasteiger charge is 2.50. The second-order valence-electron chi connectivity index (χ2n) is 11.2. The maximum atomic E-state index is 10.5. The molecule has 0 saturated heterocycles. The molecule has 3 saturated carbocycles. The Morgan fingerprint density at radius 2 is 1.86 bits per heavy atom. The molecule has 5 atom stereocenters. The first-order valence-electron chi connectivity index (χ1n) is 12.1. The highest BCUT2D eigenvalue weighted by molar-refractivity contribution is 5.37. The molecule has 0 aromatic rings. The minimum atomic E-state index is -0.567. The number of aliphatic hydroxyl groups is 1. The molecule has 1 nitrogen and oxygen atoms in total. The summed E-state index contributed by atoms with van der Waals surface area (Å²) in [5.41, 5.74) is 4.02. The summed E-state index contributed by atoms with van der Waals surface area (Å²) in [5, 5.41) is 10.5. The van der Waals surface area contributed by atoms with E-state index in [1.807, 2.05) is 6.92 Å². The van der Waals surface area contributed by atoms with Crippen molar-refractivity contribution in [3.63, 3.8) is 0 Å². The predicted octanol–water partition coefficient (Wildman–Crippen LogP) is 7.79. The molecule has 1 unspecified atom stereocenters. The van der Waals surface area contributed by atoms with E-state index in [4.69, 9.17) is 0 Å². The Labute approximate surface area is 180 Å². The molecule has 3 aliphatic rings. The van der Waals surface area contributed by atoms with E-state index in [-0.39, 0.29) is 0 Å². The quantitative estimate of drug-likeness (QED) is 0.470. The van der Waals surface area contributed by atoms with E-state index >= 15 is 0 Å². The van der Waals surface area contributed by atoms with Crippen LogP contribution in [0.4, 0.5) is 0 Å². The van der Waals surface area contributed by atoms with Gasteiger partial charge in [0, 0.05) is 6.42 Å². The van der Waals surface area contributed by atoms with E-state index in [0.717, 1.165) is 37.0 Å². The Morgan fingerprint density at radius 1 is 1.10 bits per heavy atom. The van der Waals surface area contributed by atoms with Crippen LogP contribution in [0.2, 0.25) is 0 Å². The molecule has 0 radical (unpaired) electrons. The topological polar surface area (TPSA) is 20.2 Å². The lowest BCUT2D eigenvalue weighted by molar-refractivity contribution is 0.0456. The van der Waals surface area contributed by atoms with Crippen molar-refractivity contribution in [2.75, 3.05) is 0 Å². The first-order chi connectivity index (χ1) is 13.6. The fraction of sp³-hybridized carbons (Fsp3) is 0.714. The molecule has 3 aliphatic carbocycles. The zero-order valence-electron chi connectivity index (χ0n) is 19.6. The molecule has 3 rings (SSSR count). The minimum absolute atomic E-state index is 0.444. The van der Waals surface area contributed by atoms with E-state index in [2.05, 4.69) is 58.6 Å². The molecule has 162 valence electrons. The summed E-state index contributed by atoms with van der Waals surface area (Å²) in [5.74, 6) is 2.96. The average molecular weight is 397 g/mol. The fourth-order valence-electron chi connectivity index (χ4n) is 6.43. The smallest absolute Gasteiger partial charge is 0.0663 e. The van der Waals surface area contributed by atoms with E-state index < -0.39 is 5.60 Å². The van der Waals surface area contributed by atoms with Gasteiger partial charge < -0.3 is 5.11 Å². The van der Waals surface area contributed by atoms with Crippen LogP contribution in [-0.2, 0) is 0 Å². The maximum Gasteiger partial charge on any atom is 0.0663 e. The van der Waals surface area contributed by atoms with Gasteiger partial charge >= 0.3 is 0 Å². The zero-order chi connectivity index (χ0) is 21.2. The summed E-state index contributed by atoms with van der Waals surface area (Å²) < 4.78 is 0. The summed E-state index contributed by atoms with van der Waals surface area (Å²) in [6.45, 7) is 15.9. The summed E-state index contributed by atoms with van der Waals surface area (Å²) in [4.78, 5) is 0. The lowest BCUT2D eigenvalue weighted by Crippen LogP contribution is -2.35. The Morgan fingerprint density at radius 3 is 2.59 bits per heavy atom. The normalized spacial score (nSPS) is 39.6. The molecule has 0 heterocycles. The van der Waals surface area contributed by atoms with Crippen LogP contribution in [0.5, 0.6) is 0 Å². The second-order valence-corrected chi connectivity index (χ2v) is 11.2. The first kappa shape index (κ1) is 22.6. The van der Waals surface area contributed by atoms with E-state index in [1.165, 1.54) is 49.7 Å². The third-order valence-electron chi connectivity index (χ3n) is 8.21. The highest BCUT2D eigenvalue weighted by atomic mass is 16.3. The van der Waals surface area contributed by atoms with Crippen LogP contribution in [0.25, 0.3) is 0 Å². The fourth-order valence-corrected chi connectivity index (χ4v) is 6.43. The molecular formula is C28H44O. The van der Waals surface area contributed by atoms with Crippen molar-refractivity contribution in [2.24, 2.45) is 29.1 Å². The number of hydrogen-bond donors (Lipinski definition) is 1. The van der Waals surface area contributed by atoms with Crippen LogP contribution >= 0.6 is 0 Å². The summed E-state index contributed by atoms with van der Waals surface area (Å²) in [6, 6.07) is 0. The minimum Gasteiger partial charge on any atom is -0.390 e. The molecule has 1 heteroatoms. The van der Waals surface area contributed by atoms with Gasteiger partial charge in [0.2, 0.25) is 0 Å². The molecule has 29 heavy (non-hydrogen) atoms. The van der Waals surface area contributed by atoms with E-state index in [9.17, 15) is 5.11 Å². The SMILES string of the molecule is C=C1CC[C@](C)(O)CC1=CC=C1CCC[C@@]2(C)C1CC[C@@H]2[C@H](C)C=CCC(C)C. The molecular weight excluding hydrogens is 352 g/mol. The molecule has 0 spiro atoms. The van der Waals surface area contributed by atoms with Gasteiger partial charge in [0.25, 0.3) is 0 Å². The van der Waals surface area contributed by atoms with Gasteiger partial charge in [-0.05, 0) is 93.0 Å². The number of fused-ring (bicyclic) bond motifs is 1. The van der Waals surface area contributed by atoms with Gasteiger partial charge in [0.1, 0.15) is 0 Å². The van der Waals surface area contributed by atoms with Gasteiger partial charge in [0.05, 0.1) is 5.60 Å². The number of allylic oxidation sites excluding steroid dienone is 6. The van der Waals surface area contributed by atoms with E-state index in [0.29, 0.717) is 11.3 Å². The van der Waals surface area contributed by atoms with Gasteiger partial charge in [-0.15, -0.1) is 0 Å². The first-order valence-corrected chi connectivity index (χ1v) is 12.1. The lowest BCUT2D eigenvalue weighted by atomic mass is 9.61. The van der Waals surface area contributed by atoms with Crippen molar-refractivity contribution in [3.8, 4) is 0 Å². The monoisotopic (exact) mass is 396 g/mol. The molecule has 0 bridgehead atoms. The summed E-state index contributed by atoms with van der Waals surface area (Å²) in [6.07, 6.45) is 20.0. The Kier molecular flexibility index (Phi) is 6.99. The predicted molar refractivity (Wildman–Crippen MR) is 126 cm³/mol. The van der Waals surface area contributed by atoms with Crippen molar-refractivity contribution in [2.45, 2.75) is 98.0 Å². The number of rotatable bonds is 5. The van der Waals surface area contributed by atoms with Crippen LogP contribution in [0.3, 0.4) is 0 Å². The van der Waals surface area contributed by atoms with Crippen molar-refractivity contribution >= 4 is 0 Å². The van der Waals surface area contributed by atoms with Crippen LogP contribution in [-0.4, -0.2) is 10.7 Å². The van der Waals surface area contributed by atoms with Gasteiger partial charge in [-0.3, -0.25) is 0 Å². The molecule has 0 aliphatic heterocycles. The van der Waals surface area contributed by atoms with E-state index in [1.54, 1.807) is 5.57 Å². The molecule has 0 aromatic carbocycles. The van der Waals surface area contributed by atoms with Crippen LogP contribution < -0.4 is 0 Å². The highest BCUT2D eigenvalue weighted by Crippen LogP contribution is 2.59. The van der Waals surface area contributed by atoms with Crippen LogP contribution in [0.1, 0.15) is 92.4 Å². The van der Waals surface area contributed by atoms with Crippen molar-refractivity contribution in [1.29, 1.82) is 0 Å². The van der Waals surface area contributed by atoms with Gasteiger partial charge in [0.15, 0.2) is 0 Å². The third kappa shape index (κ3) is 5.16. The maximum absolute atomic E-state index is 10.5. The molecule has 0 amide bonds. The van der Waals surface area contributed by atoms with Crippen molar-refractivity contribution < 1.29 is 5.11 Å². The Bertz CT molecular complexity index is 689. The van der Waals surface area contributed by atoms with Crippen molar-refractivity contribution in [3.05, 3.63) is 47.6 Å². The molecule has 1 N–H and O–H groups in total. The molecule has 0 aromatic heterocycles. The Hall–Kier alpha value is -1.08. The van der Waals surface area contributed by atoms with Crippen LogP contribution in [0.15, 0.2) is 47.6 Å². The van der Waals surface area contributed by atoms with Gasteiger partial charge in [-0.1, -0.05) is 69.7 Å². The third-order valence-corrected chi connectivity index (χ3v) is 8.21. The van der Waals surface area contributed by atoms with Crippen LogP contribution in [0, 0.1) is 29.1 Å². The van der Waals surface area contributed by atoms with Crippen molar-refractivity contribution in [1.82, 2.24) is 0 Å². The zero-order valence-corrected chi connectivity index (χ0v) is 19.6. The number of hydrogen-bond acceptors (Lipinski definition) is 1.